The summed E-state index contributed by atoms with van der Waals surface area (Å²) in [4.78, 5) is 13.9. The van der Waals surface area contributed by atoms with Gasteiger partial charge in [-0.2, -0.15) is 0 Å². The summed E-state index contributed by atoms with van der Waals surface area (Å²) in [7, 11) is 0. The van der Waals surface area contributed by atoms with Crippen LogP contribution >= 0.6 is 0 Å². The molecule has 0 aromatic carbocycles. The van der Waals surface area contributed by atoms with Gasteiger partial charge in [-0.15, -0.1) is 0 Å². The van der Waals surface area contributed by atoms with Crippen LogP contribution in [0.4, 0.5) is 0 Å². The van der Waals surface area contributed by atoms with Gasteiger partial charge in [0.1, 0.15) is 5.78 Å². The molecule has 1 aliphatic carbocycles. The number of hydrogen-bond acceptors (Lipinski definition) is 3. The second-order valence-electron chi connectivity index (χ2n) is 5.09. The minimum Gasteiger partial charge on any atom is -0.393 e. The number of carbonyl (C=O) groups is 1. The van der Waals surface area contributed by atoms with Crippen LogP contribution in [0.3, 0.4) is 0 Å². The summed E-state index contributed by atoms with van der Waals surface area (Å²) < 4.78 is 0. The summed E-state index contributed by atoms with van der Waals surface area (Å²) in [6.07, 6.45) is 4.18. The molecule has 0 radical (unpaired) electrons. The van der Waals surface area contributed by atoms with E-state index >= 15 is 0 Å². The third kappa shape index (κ3) is 2.58. The summed E-state index contributed by atoms with van der Waals surface area (Å²) in [5, 5.41) is 9.45. The van der Waals surface area contributed by atoms with E-state index in [2.05, 4.69) is 11.8 Å². The first-order valence-electron chi connectivity index (χ1n) is 6.10. The SMILES string of the molecule is CC1CCC(=O)CC1N1CCC(O)CC1. The van der Waals surface area contributed by atoms with Gasteiger partial charge in [-0.05, 0) is 25.2 Å². The number of aliphatic hydroxyl groups is 1. The Morgan fingerprint density at radius 1 is 1.27 bits per heavy atom. The molecule has 0 aromatic rings. The zero-order valence-corrected chi connectivity index (χ0v) is 9.48. The van der Waals surface area contributed by atoms with Crippen molar-refractivity contribution in [3.05, 3.63) is 0 Å². The van der Waals surface area contributed by atoms with E-state index in [9.17, 15) is 9.90 Å². The highest BCUT2D eigenvalue weighted by atomic mass is 16.3. The number of nitrogens with zero attached hydrogens (tertiary/aromatic N) is 1. The molecule has 2 aliphatic rings. The molecule has 2 rings (SSSR count). The van der Waals surface area contributed by atoms with Crippen molar-refractivity contribution in [2.24, 2.45) is 5.92 Å². The van der Waals surface area contributed by atoms with Crippen LogP contribution in [0.15, 0.2) is 0 Å². The van der Waals surface area contributed by atoms with Crippen molar-refractivity contribution >= 4 is 5.78 Å². The fraction of sp³-hybridized carbons (Fsp3) is 0.917. The van der Waals surface area contributed by atoms with Gasteiger partial charge in [-0.25, -0.2) is 0 Å². The van der Waals surface area contributed by atoms with Gasteiger partial charge in [0.2, 0.25) is 0 Å². The highest BCUT2D eigenvalue weighted by Crippen LogP contribution is 2.28. The summed E-state index contributed by atoms with van der Waals surface area (Å²) in [6, 6.07) is 0.443. The Labute approximate surface area is 91.5 Å². The lowest BCUT2D eigenvalue weighted by Gasteiger charge is -2.41. The highest BCUT2D eigenvalue weighted by molar-refractivity contribution is 5.79. The van der Waals surface area contributed by atoms with Crippen molar-refractivity contribution in [3.8, 4) is 0 Å². The van der Waals surface area contributed by atoms with Crippen molar-refractivity contribution in [3.63, 3.8) is 0 Å². The quantitative estimate of drug-likeness (QED) is 0.708. The monoisotopic (exact) mass is 211 g/mol. The van der Waals surface area contributed by atoms with E-state index in [-0.39, 0.29) is 6.10 Å². The summed E-state index contributed by atoms with van der Waals surface area (Å²) in [5.74, 6) is 1.06. The predicted octanol–water partition coefficient (Wildman–Crippen LogP) is 1.20. The Hall–Kier alpha value is -0.410. The molecule has 2 fully saturated rings. The maximum atomic E-state index is 11.4. The molecule has 15 heavy (non-hydrogen) atoms. The lowest BCUT2D eigenvalue weighted by atomic mass is 9.83. The van der Waals surface area contributed by atoms with Crippen LogP contribution in [0, 0.1) is 5.92 Å². The van der Waals surface area contributed by atoms with Gasteiger partial charge in [0.05, 0.1) is 6.10 Å². The molecule has 3 nitrogen and oxygen atoms in total. The smallest absolute Gasteiger partial charge is 0.134 e. The van der Waals surface area contributed by atoms with Gasteiger partial charge in [-0.1, -0.05) is 6.92 Å². The topological polar surface area (TPSA) is 40.5 Å². The normalized spacial score (nSPS) is 35.7. The zero-order chi connectivity index (χ0) is 10.8. The average molecular weight is 211 g/mol. The minimum absolute atomic E-state index is 0.115. The van der Waals surface area contributed by atoms with Crippen LogP contribution in [-0.2, 0) is 4.79 Å². The summed E-state index contributed by atoms with van der Waals surface area (Å²) in [5.41, 5.74) is 0. The number of ketones is 1. The molecule has 1 saturated carbocycles. The van der Waals surface area contributed by atoms with E-state index in [1.54, 1.807) is 0 Å². The van der Waals surface area contributed by atoms with Gasteiger partial charge in [0, 0.05) is 32.0 Å². The minimum atomic E-state index is -0.115. The van der Waals surface area contributed by atoms with Gasteiger partial charge < -0.3 is 5.11 Å². The molecule has 1 heterocycles. The number of Topliss-reactive ketones (excluding diaryl/α,β-unsaturated/α-hetero) is 1. The molecular weight excluding hydrogens is 190 g/mol. The van der Waals surface area contributed by atoms with E-state index in [4.69, 9.17) is 0 Å². The van der Waals surface area contributed by atoms with Crippen LogP contribution in [-0.4, -0.2) is 41.0 Å². The number of hydrogen-bond donors (Lipinski definition) is 1. The molecule has 1 N–H and O–H groups in total. The van der Waals surface area contributed by atoms with E-state index in [1.165, 1.54) is 0 Å². The molecule has 0 bridgehead atoms. The number of piperidine rings is 1. The molecule has 2 atom stereocenters. The largest absolute Gasteiger partial charge is 0.393 e. The Morgan fingerprint density at radius 2 is 1.93 bits per heavy atom. The molecule has 1 saturated heterocycles. The number of carbonyl (C=O) groups excluding carboxylic acids is 1. The van der Waals surface area contributed by atoms with Crippen molar-refractivity contribution < 1.29 is 9.90 Å². The Morgan fingerprint density at radius 3 is 2.60 bits per heavy atom. The number of rotatable bonds is 1. The lowest BCUT2D eigenvalue weighted by molar-refractivity contribution is -0.123. The van der Waals surface area contributed by atoms with Crippen molar-refractivity contribution in [1.29, 1.82) is 0 Å². The van der Waals surface area contributed by atoms with E-state index < -0.39 is 0 Å². The van der Waals surface area contributed by atoms with E-state index in [0.717, 1.165) is 45.2 Å². The fourth-order valence-electron chi connectivity index (χ4n) is 2.82. The Balaban J connectivity index is 1.93. The third-order valence-corrected chi connectivity index (χ3v) is 3.94. The molecule has 0 spiro atoms. The van der Waals surface area contributed by atoms with Gasteiger partial charge in [0.25, 0.3) is 0 Å². The van der Waals surface area contributed by atoms with Crippen LogP contribution in [0.5, 0.6) is 0 Å². The number of aliphatic hydroxyl groups excluding tert-OH is 1. The average Bonchev–Trinajstić information content (AvgIpc) is 2.23. The third-order valence-electron chi connectivity index (χ3n) is 3.94. The molecule has 1 aliphatic heterocycles. The molecule has 0 amide bonds. The van der Waals surface area contributed by atoms with Crippen molar-refractivity contribution in [1.82, 2.24) is 4.90 Å². The summed E-state index contributed by atoms with van der Waals surface area (Å²) >= 11 is 0. The first-order chi connectivity index (χ1) is 7.16. The second-order valence-corrected chi connectivity index (χ2v) is 5.09. The van der Waals surface area contributed by atoms with E-state index in [1.807, 2.05) is 0 Å². The predicted molar refractivity (Wildman–Crippen MR) is 58.6 cm³/mol. The molecule has 3 heteroatoms. The van der Waals surface area contributed by atoms with Crippen molar-refractivity contribution in [2.45, 2.75) is 51.2 Å². The maximum Gasteiger partial charge on any atom is 0.134 e. The number of likely N-dealkylation sites (tertiary alicyclic amines) is 1. The second kappa shape index (κ2) is 4.62. The summed E-state index contributed by atoms with van der Waals surface area (Å²) in [6.45, 7) is 4.18. The van der Waals surface area contributed by atoms with Crippen LogP contribution < -0.4 is 0 Å². The molecular formula is C12H21NO2. The molecule has 2 unspecified atom stereocenters. The standard InChI is InChI=1S/C12H21NO2/c1-9-2-3-11(15)8-12(9)13-6-4-10(14)5-7-13/h9-10,12,14H,2-8H2,1H3. The molecule has 0 aromatic heterocycles. The maximum absolute atomic E-state index is 11.4. The Kier molecular flexibility index (Phi) is 3.42. The fourth-order valence-corrected chi connectivity index (χ4v) is 2.82. The highest BCUT2D eigenvalue weighted by Gasteiger charge is 2.32. The first-order valence-corrected chi connectivity index (χ1v) is 6.10. The van der Waals surface area contributed by atoms with Crippen LogP contribution in [0.1, 0.15) is 39.0 Å². The van der Waals surface area contributed by atoms with Gasteiger partial charge in [0.15, 0.2) is 0 Å². The first kappa shape index (κ1) is 11.1. The lowest BCUT2D eigenvalue weighted by Crippen LogP contribution is -2.48. The Bertz CT molecular complexity index is 234. The zero-order valence-electron chi connectivity index (χ0n) is 9.48. The van der Waals surface area contributed by atoms with Gasteiger partial charge in [-0.3, -0.25) is 9.69 Å². The van der Waals surface area contributed by atoms with Crippen LogP contribution in [0.2, 0.25) is 0 Å². The van der Waals surface area contributed by atoms with Crippen molar-refractivity contribution in [2.75, 3.05) is 13.1 Å². The molecule has 86 valence electrons. The van der Waals surface area contributed by atoms with Crippen LogP contribution in [0.25, 0.3) is 0 Å². The van der Waals surface area contributed by atoms with E-state index in [0.29, 0.717) is 17.7 Å². The van der Waals surface area contributed by atoms with Gasteiger partial charge >= 0.3 is 0 Å².